The molecular weight excluding hydrogens is 793 g/mol. The van der Waals surface area contributed by atoms with Gasteiger partial charge in [-0.15, -0.1) is 0 Å². The van der Waals surface area contributed by atoms with E-state index in [4.69, 9.17) is 14.2 Å². The minimum atomic E-state index is -0.795. The highest BCUT2D eigenvalue weighted by atomic mass is 32.2. The van der Waals surface area contributed by atoms with Crippen molar-refractivity contribution in [2.45, 2.75) is 240 Å². The highest BCUT2D eigenvalue weighted by Crippen LogP contribution is 2.22. The molecule has 6 nitrogen and oxygen atoms in total. The maximum Gasteiger partial charge on any atom is 0.306 e. The molecule has 0 spiro atoms. The largest absolute Gasteiger partial charge is 0.465 e. The van der Waals surface area contributed by atoms with Crippen molar-refractivity contribution < 1.29 is 28.6 Å². The minimum Gasteiger partial charge on any atom is -0.465 e. The van der Waals surface area contributed by atoms with Gasteiger partial charge in [0.25, 0.3) is 0 Å². The molecule has 0 unspecified atom stereocenters. The summed E-state index contributed by atoms with van der Waals surface area (Å²) in [4.78, 5) is 38.1. The molecule has 0 heterocycles. The Morgan fingerprint density at radius 3 is 0.746 bits per heavy atom. The predicted octanol–water partition coefficient (Wildman–Crippen LogP) is 15.8. The number of carbonyl (C=O) groups is 3. The van der Waals surface area contributed by atoms with Gasteiger partial charge in [0.05, 0.1) is 24.7 Å². The van der Waals surface area contributed by atoms with Crippen LogP contribution in [0.4, 0.5) is 0 Å². The SMILES string of the molecule is CCCCCCCCCCCCSCCC(=O)OCC(C)(COC(=O)CCSCCCCCCCCCCCC)COC(=O)CCSCCCCCCCCCCCC. The molecule has 0 aromatic rings. The molecule has 0 aliphatic rings. The van der Waals surface area contributed by atoms with E-state index in [0.29, 0.717) is 19.3 Å². The van der Waals surface area contributed by atoms with E-state index in [0.717, 1.165) is 34.5 Å². The lowest BCUT2D eigenvalue weighted by atomic mass is 9.94. The normalized spacial score (nSPS) is 11.6. The number of rotatable bonds is 48. The summed E-state index contributed by atoms with van der Waals surface area (Å²) in [5, 5.41) is 0. The third-order valence-electron chi connectivity index (χ3n) is 11.0. The van der Waals surface area contributed by atoms with Gasteiger partial charge in [0.2, 0.25) is 0 Å². The fourth-order valence-corrected chi connectivity index (χ4v) is 9.72. The fraction of sp³-hybridized carbons (Fsp3) is 0.940. The van der Waals surface area contributed by atoms with E-state index in [2.05, 4.69) is 20.8 Å². The quantitative estimate of drug-likeness (QED) is 0.0337. The predicted molar refractivity (Wildman–Crippen MR) is 262 cm³/mol. The molecule has 350 valence electrons. The third-order valence-corrected chi connectivity index (χ3v) is 14.2. The standard InChI is InChI=1S/C50H96O6S3/c1-5-8-11-14-17-20-23-26-29-32-38-57-41-35-47(51)54-44-50(4,45-55-48(52)36-42-58-39-33-30-27-24-21-18-15-12-9-6-2)46-56-49(53)37-43-59-40-34-31-28-25-22-19-16-13-10-7-3/h5-46H2,1-4H3. The molecule has 0 amide bonds. The molecule has 0 rings (SSSR count). The maximum absolute atomic E-state index is 12.7. The van der Waals surface area contributed by atoms with Crippen molar-refractivity contribution in [2.75, 3.05) is 54.3 Å². The van der Waals surface area contributed by atoms with E-state index in [1.54, 1.807) is 0 Å². The van der Waals surface area contributed by atoms with E-state index >= 15 is 0 Å². The van der Waals surface area contributed by atoms with E-state index < -0.39 is 5.41 Å². The molecule has 0 bridgehead atoms. The molecule has 0 aromatic heterocycles. The average molecular weight is 890 g/mol. The van der Waals surface area contributed by atoms with Gasteiger partial charge in [-0.05, 0) is 43.4 Å². The number of carbonyl (C=O) groups excluding carboxylic acids is 3. The van der Waals surface area contributed by atoms with Gasteiger partial charge < -0.3 is 14.2 Å². The van der Waals surface area contributed by atoms with Crippen LogP contribution in [0.1, 0.15) is 240 Å². The maximum atomic E-state index is 12.7. The first kappa shape index (κ1) is 58.5. The van der Waals surface area contributed by atoms with E-state index in [-0.39, 0.29) is 37.7 Å². The van der Waals surface area contributed by atoms with Crippen LogP contribution in [0.3, 0.4) is 0 Å². The number of esters is 3. The molecule has 0 N–H and O–H groups in total. The van der Waals surface area contributed by atoms with Crippen LogP contribution >= 0.6 is 35.3 Å². The van der Waals surface area contributed by atoms with Crippen LogP contribution in [0.25, 0.3) is 0 Å². The van der Waals surface area contributed by atoms with E-state index in [9.17, 15) is 14.4 Å². The molecule has 9 heteroatoms. The zero-order chi connectivity index (χ0) is 43.2. The van der Waals surface area contributed by atoms with Crippen molar-refractivity contribution in [3.63, 3.8) is 0 Å². The average Bonchev–Trinajstić information content (AvgIpc) is 3.23. The Hall–Kier alpha value is -0.540. The number of hydrogen-bond donors (Lipinski definition) is 0. The van der Waals surface area contributed by atoms with Crippen molar-refractivity contribution in [2.24, 2.45) is 5.41 Å². The van der Waals surface area contributed by atoms with Gasteiger partial charge in [0, 0.05) is 17.3 Å². The Labute approximate surface area is 379 Å². The summed E-state index contributed by atoms with van der Waals surface area (Å²) in [7, 11) is 0. The van der Waals surface area contributed by atoms with Gasteiger partial charge in [-0.25, -0.2) is 0 Å². The van der Waals surface area contributed by atoms with Crippen molar-refractivity contribution in [1.29, 1.82) is 0 Å². The summed E-state index contributed by atoms with van der Waals surface area (Å²) in [5.41, 5.74) is -0.795. The van der Waals surface area contributed by atoms with Crippen molar-refractivity contribution >= 4 is 53.2 Å². The van der Waals surface area contributed by atoms with Crippen LogP contribution < -0.4 is 0 Å². The summed E-state index contributed by atoms with van der Waals surface area (Å²) < 4.78 is 17.1. The Morgan fingerprint density at radius 1 is 0.322 bits per heavy atom. The van der Waals surface area contributed by atoms with Crippen molar-refractivity contribution in [3.05, 3.63) is 0 Å². The van der Waals surface area contributed by atoms with Crippen LogP contribution in [-0.2, 0) is 28.6 Å². The van der Waals surface area contributed by atoms with Crippen LogP contribution in [0.15, 0.2) is 0 Å². The van der Waals surface area contributed by atoms with E-state index in [1.165, 1.54) is 193 Å². The zero-order valence-corrected chi connectivity index (χ0v) is 41.8. The summed E-state index contributed by atoms with van der Waals surface area (Å²) >= 11 is 5.45. The van der Waals surface area contributed by atoms with Gasteiger partial charge >= 0.3 is 17.9 Å². The Morgan fingerprint density at radius 2 is 0.525 bits per heavy atom. The van der Waals surface area contributed by atoms with Crippen LogP contribution in [0.5, 0.6) is 0 Å². The van der Waals surface area contributed by atoms with Gasteiger partial charge in [0.1, 0.15) is 19.8 Å². The number of ether oxygens (including phenoxy) is 3. The van der Waals surface area contributed by atoms with Crippen molar-refractivity contribution in [3.8, 4) is 0 Å². The second kappa shape index (κ2) is 47.0. The fourth-order valence-electron chi connectivity index (χ4n) is 6.95. The Kier molecular flexibility index (Phi) is 46.5. The second-order valence-corrected chi connectivity index (χ2v) is 21.1. The molecule has 0 aromatic carbocycles. The lowest BCUT2D eigenvalue weighted by Gasteiger charge is -2.28. The minimum absolute atomic E-state index is 0.0521. The zero-order valence-electron chi connectivity index (χ0n) is 39.4. The highest BCUT2D eigenvalue weighted by molar-refractivity contribution is 7.99. The summed E-state index contributed by atoms with van der Waals surface area (Å²) in [6.07, 6.45) is 40.9. The summed E-state index contributed by atoms with van der Waals surface area (Å²) in [6.45, 7) is 8.83. The Balaban J connectivity index is 4.44. The number of thioether (sulfide) groups is 3. The van der Waals surface area contributed by atoms with Gasteiger partial charge in [0.15, 0.2) is 0 Å². The third kappa shape index (κ3) is 45.3. The number of unbranched alkanes of at least 4 members (excludes halogenated alkanes) is 27. The lowest BCUT2D eigenvalue weighted by Crippen LogP contribution is -2.37. The molecule has 0 saturated heterocycles. The first-order valence-corrected chi connectivity index (χ1v) is 28.5. The first-order valence-electron chi connectivity index (χ1n) is 25.1. The molecule has 59 heavy (non-hydrogen) atoms. The topological polar surface area (TPSA) is 78.9 Å². The molecule has 0 aliphatic carbocycles. The van der Waals surface area contributed by atoms with Crippen molar-refractivity contribution in [1.82, 2.24) is 0 Å². The van der Waals surface area contributed by atoms with Crippen LogP contribution in [0, 0.1) is 5.41 Å². The van der Waals surface area contributed by atoms with Gasteiger partial charge in [-0.3, -0.25) is 14.4 Å². The molecular formula is C50H96O6S3. The highest BCUT2D eigenvalue weighted by Gasteiger charge is 2.31. The Bertz CT molecular complexity index is 807. The van der Waals surface area contributed by atoms with Gasteiger partial charge in [-0.2, -0.15) is 35.3 Å². The van der Waals surface area contributed by atoms with E-state index in [1.807, 2.05) is 42.2 Å². The second-order valence-electron chi connectivity index (χ2n) is 17.4. The van der Waals surface area contributed by atoms with Crippen LogP contribution in [0.2, 0.25) is 0 Å². The van der Waals surface area contributed by atoms with Crippen LogP contribution in [-0.4, -0.2) is 72.2 Å². The summed E-state index contributed by atoms with van der Waals surface area (Å²) in [6, 6.07) is 0. The monoisotopic (exact) mass is 889 g/mol. The molecule has 0 atom stereocenters. The number of hydrogen-bond acceptors (Lipinski definition) is 9. The smallest absolute Gasteiger partial charge is 0.306 e. The summed E-state index contributed by atoms with van der Waals surface area (Å²) in [5.74, 6) is 4.68. The molecule has 0 fully saturated rings. The van der Waals surface area contributed by atoms with Gasteiger partial charge in [-0.1, -0.05) is 194 Å². The first-order chi connectivity index (χ1) is 28.9. The molecule has 0 radical (unpaired) electrons. The lowest BCUT2D eigenvalue weighted by molar-refractivity contribution is -0.160. The molecule has 0 saturated carbocycles. The molecule has 0 aliphatic heterocycles.